The van der Waals surface area contributed by atoms with E-state index in [9.17, 15) is 4.79 Å². The molecule has 0 bridgehead atoms. The van der Waals surface area contributed by atoms with Gasteiger partial charge in [0.1, 0.15) is 0 Å². The number of amides is 1. The Labute approximate surface area is 108 Å². The predicted molar refractivity (Wildman–Crippen MR) is 74.1 cm³/mol. The van der Waals surface area contributed by atoms with Crippen LogP contribution in [0, 0.1) is 6.92 Å². The van der Waals surface area contributed by atoms with Gasteiger partial charge in [-0.2, -0.15) is 0 Å². The molecule has 92 valence electrons. The van der Waals surface area contributed by atoms with Gasteiger partial charge in [0.25, 0.3) is 5.91 Å². The number of carbonyl (C=O) groups is 1. The number of benzene rings is 1. The molecule has 0 unspecified atom stereocenters. The first kappa shape index (κ1) is 13.6. The van der Waals surface area contributed by atoms with Crippen LogP contribution >= 0.6 is 12.2 Å². The van der Waals surface area contributed by atoms with Crippen molar-refractivity contribution in [2.24, 2.45) is 0 Å². The molecule has 17 heavy (non-hydrogen) atoms. The maximum Gasteiger partial charge on any atom is 0.257 e. The highest BCUT2D eigenvalue weighted by Gasteiger charge is 2.13. The van der Waals surface area contributed by atoms with Crippen LogP contribution in [-0.4, -0.2) is 16.6 Å². The zero-order valence-corrected chi connectivity index (χ0v) is 11.4. The van der Waals surface area contributed by atoms with Crippen molar-refractivity contribution in [1.29, 1.82) is 0 Å². The summed E-state index contributed by atoms with van der Waals surface area (Å²) in [5, 5.41) is 6.05. The molecular weight excluding hydrogens is 232 g/mol. The van der Waals surface area contributed by atoms with E-state index >= 15 is 0 Å². The normalized spacial score (nSPS) is 10.8. The Morgan fingerprint density at radius 2 is 1.94 bits per heavy atom. The highest BCUT2D eigenvalue weighted by atomic mass is 32.1. The van der Waals surface area contributed by atoms with E-state index in [1.54, 1.807) is 6.07 Å². The average molecular weight is 250 g/mol. The molecule has 0 atom stereocenters. The van der Waals surface area contributed by atoms with E-state index in [-0.39, 0.29) is 11.4 Å². The topological polar surface area (TPSA) is 41.1 Å². The molecule has 0 aliphatic rings. The molecule has 0 saturated carbocycles. The summed E-state index contributed by atoms with van der Waals surface area (Å²) < 4.78 is 0. The van der Waals surface area contributed by atoms with Crippen molar-refractivity contribution in [3.8, 4) is 0 Å². The monoisotopic (exact) mass is 250 g/mol. The van der Waals surface area contributed by atoms with E-state index in [0.717, 1.165) is 5.56 Å². The molecular formula is C13H18N2OS. The van der Waals surface area contributed by atoms with Crippen LogP contribution in [0.2, 0.25) is 0 Å². The molecule has 0 spiro atoms. The maximum atomic E-state index is 11.9. The molecule has 0 aliphatic carbocycles. The summed E-state index contributed by atoms with van der Waals surface area (Å²) in [6, 6.07) is 7.39. The smallest absolute Gasteiger partial charge is 0.257 e. The van der Waals surface area contributed by atoms with Crippen LogP contribution in [0.15, 0.2) is 24.3 Å². The van der Waals surface area contributed by atoms with Crippen molar-refractivity contribution in [2.45, 2.75) is 33.2 Å². The molecule has 3 nitrogen and oxygen atoms in total. The largest absolute Gasteiger partial charge is 0.358 e. The molecule has 4 heteroatoms. The van der Waals surface area contributed by atoms with Gasteiger partial charge in [-0.1, -0.05) is 17.7 Å². The van der Waals surface area contributed by atoms with Gasteiger partial charge >= 0.3 is 0 Å². The minimum absolute atomic E-state index is 0.156. The lowest BCUT2D eigenvalue weighted by Gasteiger charge is -2.22. The second-order valence-electron chi connectivity index (χ2n) is 5.03. The van der Waals surface area contributed by atoms with Crippen molar-refractivity contribution in [3.05, 3.63) is 35.4 Å². The van der Waals surface area contributed by atoms with Gasteiger partial charge in [0.05, 0.1) is 0 Å². The third-order valence-corrected chi connectivity index (χ3v) is 2.20. The molecule has 0 radical (unpaired) electrons. The molecule has 0 aliphatic heterocycles. The second kappa shape index (κ2) is 5.27. The third kappa shape index (κ3) is 4.95. The molecule has 1 rings (SSSR count). The Morgan fingerprint density at radius 1 is 1.29 bits per heavy atom. The van der Waals surface area contributed by atoms with E-state index in [4.69, 9.17) is 12.2 Å². The van der Waals surface area contributed by atoms with Gasteiger partial charge < -0.3 is 5.32 Å². The van der Waals surface area contributed by atoms with Gasteiger partial charge in [0.15, 0.2) is 5.11 Å². The van der Waals surface area contributed by atoms with Crippen LogP contribution in [0.3, 0.4) is 0 Å². The van der Waals surface area contributed by atoms with Gasteiger partial charge in [0, 0.05) is 11.1 Å². The summed E-state index contributed by atoms with van der Waals surface area (Å²) >= 11 is 5.07. The van der Waals surface area contributed by atoms with Gasteiger partial charge in [-0.05, 0) is 52.0 Å². The van der Waals surface area contributed by atoms with E-state index < -0.39 is 0 Å². The Balaban J connectivity index is 2.64. The highest BCUT2D eigenvalue weighted by Crippen LogP contribution is 2.04. The molecule has 1 aromatic rings. The first-order valence-corrected chi connectivity index (χ1v) is 5.89. The number of thiocarbonyl (C=S) groups is 1. The van der Waals surface area contributed by atoms with Crippen LogP contribution in [0.1, 0.15) is 36.7 Å². The van der Waals surface area contributed by atoms with Crippen LogP contribution in [0.5, 0.6) is 0 Å². The van der Waals surface area contributed by atoms with Crippen LogP contribution < -0.4 is 10.6 Å². The van der Waals surface area contributed by atoms with Crippen LogP contribution in [0.4, 0.5) is 0 Å². The highest BCUT2D eigenvalue weighted by molar-refractivity contribution is 7.80. The Hall–Kier alpha value is -1.42. The number of nitrogens with one attached hydrogen (secondary N) is 2. The predicted octanol–water partition coefficient (Wildman–Crippen LogP) is 2.40. The zero-order valence-electron chi connectivity index (χ0n) is 10.6. The van der Waals surface area contributed by atoms with E-state index in [0.29, 0.717) is 10.7 Å². The van der Waals surface area contributed by atoms with E-state index in [2.05, 4.69) is 10.6 Å². The number of hydrogen-bond acceptors (Lipinski definition) is 2. The fourth-order valence-corrected chi connectivity index (χ4v) is 1.73. The lowest BCUT2D eigenvalue weighted by Crippen LogP contribution is -2.48. The molecule has 2 N–H and O–H groups in total. The van der Waals surface area contributed by atoms with Crippen molar-refractivity contribution in [1.82, 2.24) is 10.6 Å². The fourth-order valence-electron chi connectivity index (χ4n) is 1.33. The molecule has 1 amide bonds. The molecule has 0 saturated heterocycles. The summed E-state index contributed by atoms with van der Waals surface area (Å²) in [5.74, 6) is -0.185. The summed E-state index contributed by atoms with van der Waals surface area (Å²) in [6.45, 7) is 7.90. The van der Waals surface area contributed by atoms with E-state index in [1.807, 2.05) is 45.9 Å². The Morgan fingerprint density at radius 3 is 2.47 bits per heavy atom. The summed E-state index contributed by atoms with van der Waals surface area (Å²) in [7, 11) is 0. The lowest BCUT2D eigenvalue weighted by molar-refractivity contribution is 0.0976. The van der Waals surface area contributed by atoms with Gasteiger partial charge in [-0.3, -0.25) is 10.1 Å². The van der Waals surface area contributed by atoms with E-state index in [1.165, 1.54) is 0 Å². The first-order valence-electron chi connectivity index (χ1n) is 5.48. The SMILES string of the molecule is Cc1cccc(C(=O)NC(=S)NC(C)(C)C)c1. The number of rotatable bonds is 1. The minimum Gasteiger partial charge on any atom is -0.358 e. The van der Waals surface area contributed by atoms with Crippen molar-refractivity contribution >= 4 is 23.2 Å². The number of hydrogen-bond donors (Lipinski definition) is 2. The zero-order chi connectivity index (χ0) is 13.1. The van der Waals surface area contributed by atoms with Crippen LogP contribution in [0.25, 0.3) is 0 Å². The Kier molecular flexibility index (Phi) is 4.23. The number of aryl methyl sites for hydroxylation is 1. The fraction of sp³-hybridized carbons (Fsp3) is 0.385. The molecule has 0 aromatic heterocycles. The van der Waals surface area contributed by atoms with Gasteiger partial charge in [-0.15, -0.1) is 0 Å². The molecule has 0 heterocycles. The van der Waals surface area contributed by atoms with Crippen molar-refractivity contribution in [3.63, 3.8) is 0 Å². The maximum absolute atomic E-state index is 11.9. The summed E-state index contributed by atoms with van der Waals surface area (Å²) in [5.41, 5.74) is 1.51. The Bertz CT molecular complexity index is 435. The summed E-state index contributed by atoms with van der Waals surface area (Å²) in [6.07, 6.45) is 0. The van der Waals surface area contributed by atoms with Crippen LogP contribution in [-0.2, 0) is 0 Å². The quantitative estimate of drug-likeness (QED) is 0.752. The lowest BCUT2D eigenvalue weighted by atomic mass is 10.1. The standard InChI is InChI=1S/C13H18N2OS/c1-9-6-5-7-10(8-9)11(16)14-12(17)15-13(2,3)4/h5-8H,1-4H3,(H2,14,15,16,17). The first-order chi connectivity index (χ1) is 7.78. The summed E-state index contributed by atoms with van der Waals surface area (Å²) in [4.78, 5) is 11.9. The minimum atomic E-state index is -0.185. The number of carbonyl (C=O) groups excluding carboxylic acids is 1. The van der Waals surface area contributed by atoms with Gasteiger partial charge in [-0.25, -0.2) is 0 Å². The van der Waals surface area contributed by atoms with Crippen molar-refractivity contribution in [2.75, 3.05) is 0 Å². The second-order valence-corrected chi connectivity index (χ2v) is 5.44. The average Bonchev–Trinajstić information content (AvgIpc) is 2.14. The third-order valence-electron chi connectivity index (χ3n) is 2.00. The van der Waals surface area contributed by atoms with Gasteiger partial charge in [0.2, 0.25) is 0 Å². The van der Waals surface area contributed by atoms with Crippen molar-refractivity contribution < 1.29 is 4.79 Å². The molecule has 1 aromatic carbocycles. The molecule has 0 fully saturated rings.